The Morgan fingerprint density at radius 1 is 1.03 bits per heavy atom. The average Bonchev–Trinajstić information content (AvgIpc) is 3.21. The van der Waals surface area contributed by atoms with Crippen molar-refractivity contribution < 1.29 is 14.3 Å². The fourth-order valence-electron chi connectivity index (χ4n) is 3.28. The second kappa shape index (κ2) is 9.30. The summed E-state index contributed by atoms with van der Waals surface area (Å²) >= 11 is 0. The van der Waals surface area contributed by atoms with Crippen LogP contribution in [0.3, 0.4) is 0 Å². The third-order valence-electron chi connectivity index (χ3n) is 4.88. The number of nitrogens with one attached hydrogen (secondary N) is 1. The van der Waals surface area contributed by atoms with Gasteiger partial charge in [0.2, 0.25) is 11.8 Å². The van der Waals surface area contributed by atoms with Crippen molar-refractivity contribution in [2.24, 2.45) is 0 Å². The summed E-state index contributed by atoms with van der Waals surface area (Å²) in [5.74, 6) is 3.17. The Hall–Kier alpha value is -4.20. The molecule has 2 aromatic heterocycles. The van der Waals surface area contributed by atoms with Gasteiger partial charge in [0.1, 0.15) is 17.3 Å². The molecule has 4 aromatic rings. The third kappa shape index (κ3) is 4.92. The zero-order valence-corrected chi connectivity index (χ0v) is 18.1. The number of carbonyl (C=O) groups excluding carboxylic acids is 1. The van der Waals surface area contributed by atoms with Crippen molar-refractivity contribution in [2.45, 2.75) is 20.3 Å². The minimum atomic E-state index is -0.0977. The first-order valence-electron chi connectivity index (χ1n) is 10.1. The van der Waals surface area contributed by atoms with E-state index in [4.69, 9.17) is 9.47 Å². The number of carbonyl (C=O) groups is 1. The Labute approximate surface area is 185 Å². The van der Waals surface area contributed by atoms with E-state index in [1.165, 1.54) is 0 Å². The highest BCUT2D eigenvalue weighted by Crippen LogP contribution is 2.22. The number of amides is 1. The van der Waals surface area contributed by atoms with Crippen molar-refractivity contribution >= 4 is 11.6 Å². The molecule has 32 heavy (non-hydrogen) atoms. The van der Waals surface area contributed by atoms with Gasteiger partial charge in [-0.25, -0.2) is 4.98 Å². The highest BCUT2D eigenvalue weighted by atomic mass is 16.5. The second-order valence-electron chi connectivity index (χ2n) is 7.23. The van der Waals surface area contributed by atoms with Crippen LogP contribution < -0.4 is 14.8 Å². The van der Waals surface area contributed by atoms with E-state index in [-0.39, 0.29) is 12.3 Å². The number of rotatable bonds is 7. The van der Waals surface area contributed by atoms with Gasteiger partial charge in [-0.1, -0.05) is 12.1 Å². The van der Waals surface area contributed by atoms with E-state index in [1.807, 2.05) is 48.9 Å². The van der Waals surface area contributed by atoms with Crippen LogP contribution in [0, 0.1) is 13.8 Å². The van der Waals surface area contributed by atoms with Gasteiger partial charge in [-0.3, -0.25) is 9.36 Å². The number of imidazole rings is 1. The van der Waals surface area contributed by atoms with Crippen molar-refractivity contribution in [1.82, 2.24) is 19.7 Å². The number of anilines is 1. The van der Waals surface area contributed by atoms with Gasteiger partial charge in [0.25, 0.3) is 0 Å². The first-order chi connectivity index (χ1) is 15.5. The summed E-state index contributed by atoms with van der Waals surface area (Å²) in [6.07, 6.45) is 3.81. The standard InChI is InChI=1S/C24H23N5O3/c1-16-14-18(4-9-21(16)31-3)15-23(30)26-19-5-7-20(8-6-19)32-24-11-10-22(27-28-24)29-13-12-25-17(29)2/h4-14H,15H2,1-3H3,(H,26,30). The molecule has 0 aliphatic heterocycles. The van der Waals surface area contributed by atoms with Gasteiger partial charge < -0.3 is 14.8 Å². The van der Waals surface area contributed by atoms with Crippen LogP contribution in [0.2, 0.25) is 0 Å². The number of methoxy groups -OCH3 is 1. The van der Waals surface area contributed by atoms with Crippen molar-refractivity contribution in [3.8, 4) is 23.2 Å². The summed E-state index contributed by atoms with van der Waals surface area (Å²) in [6, 6.07) is 16.4. The maximum atomic E-state index is 12.4. The molecule has 0 atom stereocenters. The summed E-state index contributed by atoms with van der Waals surface area (Å²) in [5.41, 5.74) is 2.61. The molecule has 0 radical (unpaired) electrons. The zero-order chi connectivity index (χ0) is 22.5. The molecule has 0 fully saturated rings. The van der Waals surface area contributed by atoms with Gasteiger partial charge in [-0.2, -0.15) is 0 Å². The maximum Gasteiger partial charge on any atom is 0.238 e. The summed E-state index contributed by atoms with van der Waals surface area (Å²) in [5, 5.41) is 11.2. The molecule has 0 aliphatic carbocycles. The minimum absolute atomic E-state index is 0.0977. The lowest BCUT2D eigenvalue weighted by atomic mass is 10.1. The van der Waals surface area contributed by atoms with Crippen LogP contribution in [0.15, 0.2) is 67.0 Å². The van der Waals surface area contributed by atoms with Crippen LogP contribution >= 0.6 is 0 Å². The molecule has 2 heterocycles. The zero-order valence-electron chi connectivity index (χ0n) is 18.1. The van der Waals surface area contributed by atoms with Crippen molar-refractivity contribution in [3.05, 3.63) is 83.9 Å². The van der Waals surface area contributed by atoms with Gasteiger partial charge in [-0.15, -0.1) is 10.2 Å². The normalized spacial score (nSPS) is 10.6. The van der Waals surface area contributed by atoms with Gasteiger partial charge in [0, 0.05) is 24.1 Å². The third-order valence-corrected chi connectivity index (χ3v) is 4.88. The number of ether oxygens (including phenoxy) is 2. The Balaban J connectivity index is 1.34. The molecular weight excluding hydrogens is 406 g/mol. The van der Waals surface area contributed by atoms with E-state index >= 15 is 0 Å². The lowest BCUT2D eigenvalue weighted by Crippen LogP contribution is -2.14. The summed E-state index contributed by atoms with van der Waals surface area (Å²) in [4.78, 5) is 16.6. The van der Waals surface area contributed by atoms with Gasteiger partial charge in [0.05, 0.1) is 13.5 Å². The molecule has 0 saturated carbocycles. The maximum absolute atomic E-state index is 12.4. The Morgan fingerprint density at radius 3 is 2.47 bits per heavy atom. The lowest BCUT2D eigenvalue weighted by Gasteiger charge is -2.09. The molecule has 1 amide bonds. The van der Waals surface area contributed by atoms with Crippen LogP contribution in [0.25, 0.3) is 5.82 Å². The molecule has 1 N–H and O–H groups in total. The number of hydrogen-bond acceptors (Lipinski definition) is 6. The molecule has 0 bridgehead atoms. The fourth-order valence-corrected chi connectivity index (χ4v) is 3.28. The smallest absolute Gasteiger partial charge is 0.238 e. The van der Waals surface area contributed by atoms with Crippen LogP contribution in [0.4, 0.5) is 5.69 Å². The summed E-state index contributed by atoms with van der Waals surface area (Å²) in [7, 11) is 1.63. The summed E-state index contributed by atoms with van der Waals surface area (Å²) in [6.45, 7) is 3.85. The number of aryl methyl sites for hydroxylation is 2. The van der Waals surface area contributed by atoms with Crippen molar-refractivity contribution in [2.75, 3.05) is 12.4 Å². The van der Waals surface area contributed by atoms with Crippen LogP contribution in [-0.2, 0) is 11.2 Å². The van der Waals surface area contributed by atoms with Crippen LogP contribution in [0.1, 0.15) is 17.0 Å². The van der Waals surface area contributed by atoms with E-state index in [2.05, 4.69) is 20.5 Å². The minimum Gasteiger partial charge on any atom is -0.496 e. The molecule has 4 rings (SSSR count). The fraction of sp³-hybridized carbons (Fsp3) is 0.167. The molecule has 8 heteroatoms. The molecule has 0 spiro atoms. The Morgan fingerprint density at radius 2 is 1.84 bits per heavy atom. The Kier molecular flexibility index (Phi) is 6.12. The first kappa shape index (κ1) is 21.0. The predicted molar refractivity (Wildman–Crippen MR) is 120 cm³/mol. The summed E-state index contributed by atoms with van der Waals surface area (Å²) < 4.78 is 12.8. The molecular formula is C24H23N5O3. The van der Waals surface area contributed by atoms with E-state index in [9.17, 15) is 4.79 Å². The van der Waals surface area contributed by atoms with Crippen LogP contribution in [-0.4, -0.2) is 32.8 Å². The van der Waals surface area contributed by atoms with Gasteiger partial charge in [-0.05, 0) is 61.4 Å². The Bertz CT molecular complexity index is 1220. The monoisotopic (exact) mass is 429 g/mol. The van der Waals surface area contributed by atoms with E-state index in [1.54, 1.807) is 43.6 Å². The van der Waals surface area contributed by atoms with Crippen molar-refractivity contribution in [1.29, 1.82) is 0 Å². The molecule has 162 valence electrons. The molecule has 0 unspecified atom stereocenters. The van der Waals surface area contributed by atoms with Gasteiger partial charge in [0.15, 0.2) is 5.82 Å². The number of benzene rings is 2. The SMILES string of the molecule is COc1ccc(CC(=O)Nc2ccc(Oc3ccc(-n4ccnc4C)nn3)cc2)cc1C. The van der Waals surface area contributed by atoms with E-state index in [0.29, 0.717) is 23.1 Å². The second-order valence-corrected chi connectivity index (χ2v) is 7.23. The van der Waals surface area contributed by atoms with Gasteiger partial charge >= 0.3 is 0 Å². The van der Waals surface area contributed by atoms with Crippen LogP contribution in [0.5, 0.6) is 17.4 Å². The van der Waals surface area contributed by atoms with E-state index < -0.39 is 0 Å². The largest absolute Gasteiger partial charge is 0.496 e. The number of hydrogen-bond donors (Lipinski definition) is 1. The average molecular weight is 429 g/mol. The quantitative estimate of drug-likeness (QED) is 0.472. The number of nitrogens with zero attached hydrogens (tertiary/aromatic N) is 4. The highest BCUT2D eigenvalue weighted by molar-refractivity contribution is 5.92. The number of aromatic nitrogens is 4. The molecule has 8 nitrogen and oxygen atoms in total. The molecule has 0 saturated heterocycles. The molecule has 0 aliphatic rings. The topological polar surface area (TPSA) is 91.2 Å². The molecule has 2 aromatic carbocycles. The van der Waals surface area contributed by atoms with E-state index in [0.717, 1.165) is 22.7 Å². The lowest BCUT2D eigenvalue weighted by molar-refractivity contribution is -0.115. The highest BCUT2D eigenvalue weighted by Gasteiger charge is 2.08. The first-order valence-corrected chi connectivity index (χ1v) is 10.1. The van der Waals surface area contributed by atoms with Crippen molar-refractivity contribution in [3.63, 3.8) is 0 Å². The predicted octanol–water partition coefficient (Wildman–Crippen LogP) is 4.26.